The second kappa shape index (κ2) is 14.8. The summed E-state index contributed by atoms with van der Waals surface area (Å²) in [6.07, 6.45) is 11.2. The van der Waals surface area contributed by atoms with Crippen LogP contribution in [0.4, 0.5) is 17.1 Å². The molecule has 2 aromatic carbocycles. The predicted octanol–water partition coefficient (Wildman–Crippen LogP) is 9.27. The Morgan fingerprint density at radius 2 is 1.79 bits per heavy atom. The molecule has 1 fully saturated rings. The number of aromatic nitrogens is 1. The maximum Gasteiger partial charge on any atom is 0.103 e. The van der Waals surface area contributed by atoms with Crippen molar-refractivity contribution in [2.75, 3.05) is 23.7 Å². The maximum absolute atomic E-state index is 9.98. The number of pyridine rings is 1. The number of hydrogen-bond acceptors (Lipinski definition) is 8. The highest BCUT2D eigenvalue weighted by Gasteiger charge is 2.32. The summed E-state index contributed by atoms with van der Waals surface area (Å²) in [7, 11) is 0. The molecule has 1 saturated heterocycles. The molecule has 4 N–H and O–H groups in total. The fraction of sp³-hybridized carbons (Fsp3) is 0.314. The monoisotopic (exact) mass is 710 g/mol. The van der Waals surface area contributed by atoms with Gasteiger partial charge in [-0.15, -0.1) is 5.53 Å². The van der Waals surface area contributed by atoms with Gasteiger partial charge in [-0.3, -0.25) is 14.9 Å². The highest BCUT2D eigenvalue weighted by Crippen LogP contribution is 2.37. The number of anilines is 3. The third kappa shape index (κ3) is 8.36. The highest BCUT2D eigenvalue weighted by molar-refractivity contribution is 6.36. The SMILES string of the molecule is C=C(/C=C\C(Cl)=C/C)[C@H](Nc1cc(Cl)c2ncc(C#N)c(Nc3cc(Cl)cc(Cl)c3)c2c1)C1=CN(C2CCN(C(C)(C)C)CC2)NN1. The average molecular weight is 713 g/mol. The number of likely N-dealkylation sites (tertiary alicyclic amines) is 1. The summed E-state index contributed by atoms with van der Waals surface area (Å²) in [5.41, 5.74) is 11.2. The summed E-state index contributed by atoms with van der Waals surface area (Å²) < 4.78 is 0. The van der Waals surface area contributed by atoms with Crippen molar-refractivity contribution in [1.29, 1.82) is 5.26 Å². The van der Waals surface area contributed by atoms with Gasteiger partial charge in [0.15, 0.2) is 0 Å². The van der Waals surface area contributed by atoms with Gasteiger partial charge in [0, 0.05) is 68.9 Å². The molecule has 2 aliphatic rings. The Morgan fingerprint density at radius 3 is 2.43 bits per heavy atom. The van der Waals surface area contributed by atoms with Crippen molar-refractivity contribution in [2.24, 2.45) is 0 Å². The summed E-state index contributed by atoms with van der Waals surface area (Å²) in [4.78, 5) is 7.02. The van der Waals surface area contributed by atoms with Crippen LogP contribution in [-0.4, -0.2) is 45.6 Å². The topological polar surface area (TPSA) is 91.3 Å². The quantitative estimate of drug-likeness (QED) is 0.163. The zero-order valence-electron chi connectivity index (χ0n) is 26.8. The minimum Gasteiger partial charge on any atom is -0.373 e. The first kappa shape index (κ1) is 34.9. The van der Waals surface area contributed by atoms with Gasteiger partial charge in [0.1, 0.15) is 6.07 Å². The smallest absolute Gasteiger partial charge is 0.103 e. The first-order valence-corrected chi connectivity index (χ1v) is 16.8. The molecule has 0 aliphatic carbocycles. The van der Waals surface area contributed by atoms with Gasteiger partial charge < -0.3 is 16.1 Å². The minimum atomic E-state index is -0.386. The molecule has 3 aromatic rings. The van der Waals surface area contributed by atoms with Gasteiger partial charge in [0.25, 0.3) is 0 Å². The number of allylic oxidation sites excluding steroid dienone is 3. The number of nitrogens with zero attached hydrogens (tertiary/aromatic N) is 4. The van der Waals surface area contributed by atoms with Gasteiger partial charge in [-0.2, -0.15) is 5.26 Å². The molecule has 8 nitrogen and oxygen atoms in total. The molecule has 0 spiro atoms. The van der Waals surface area contributed by atoms with Crippen molar-refractivity contribution >= 4 is 74.4 Å². The summed E-state index contributed by atoms with van der Waals surface area (Å²) in [5, 5.41) is 21.6. The summed E-state index contributed by atoms with van der Waals surface area (Å²) in [6, 6.07) is 11.0. The lowest BCUT2D eigenvalue weighted by molar-refractivity contribution is 0.0570. The van der Waals surface area contributed by atoms with Crippen LogP contribution in [-0.2, 0) is 0 Å². The van der Waals surface area contributed by atoms with E-state index in [1.807, 2.05) is 37.3 Å². The normalized spacial score (nSPS) is 17.0. The van der Waals surface area contributed by atoms with E-state index >= 15 is 0 Å². The van der Waals surface area contributed by atoms with Gasteiger partial charge in [0.05, 0.1) is 33.5 Å². The van der Waals surface area contributed by atoms with Crippen LogP contribution in [0.2, 0.25) is 15.1 Å². The molecule has 1 atom stereocenters. The Balaban J connectivity index is 1.49. The van der Waals surface area contributed by atoms with Crippen LogP contribution >= 0.6 is 46.4 Å². The molecule has 3 heterocycles. The Morgan fingerprint density at radius 1 is 1.09 bits per heavy atom. The molecular weight excluding hydrogens is 674 g/mol. The van der Waals surface area contributed by atoms with Crippen LogP contribution in [0, 0.1) is 11.3 Å². The summed E-state index contributed by atoms with van der Waals surface area (Å²) in [5.74, 6) is 0. The number of hydrazine groups is 2. The number of halogens is 4. The highest BCUT2D eigenvalue weighted by atomic mass is 35.5. The van der Waals surface area contributed by atoms with Gasteiger partial charge in [0.2, 0.25) is 0 Å². The number of fused-ring (bicyclic) bond motifs is 1. The summed E-state index contributed by atoms with van der Waals surface area (Å²) in [6.45, 7) is 15.1. The van der Waals surface area contributed by atoms with E-state index < -0.39 is 0 Å². The average Bonchev–Trinajstić information content (AvgIpc) is 3.52. The molecule has 2 aliphatic heterocycles. The van der Waals surface area contributed by atoms with E-state index in [0.717, 1.165) is 37.2 Å². The van der Waals surface area contributed by atoms with Crippen LogP contribution in [0.3, 0.4) is 0 Å². The van der Waals surface area contributed by atoms with Crippen molar-refractivity contribution in [1.82, 2.24) is 25.9 Å². The molecule has 0 unspecified atom stereocenters. The van der Waals surface area contributed by atoms with E-state index in [1.165, 1.54) is 6.20 Å². The van der Waals surface area contributed by atoms with Crippen LogP contribution in [0.15, 0.2) is 83.8 Å². The Labute approximate surface area is 296 Å². The van der Waals surface area contributed by atoms with Crippen molar-refractivity contribution in [3.63, 3.8) is 0 Å². The van der Waals surface area contributed by atoms with Crippen LogP contribution in [0.1, 0.15) is 46.1 Å². The van der Waals surface area contributed by atoms with Crippen LogP contribution < -0.4 is 21.6 Å². The molecule has 0 amide bonds. The maximum atomic E-state index is 9.98. The number of benzene rings is 2. The number of piperidine rings is 1. The van der Waals surface area contributed by atoms with Crippen LogP contribution in [0.25, 0.3) is 10.9 Å². The van der Waals surface area contributed by atoms with E-state index in [4.69, 9.17) is 46.4 Å². The third-order valence-corrected chi connectivity index (χ3v) is 9.39. The molecule has 12 heteroatoms. The third-order valence-electron chi connectivity index (χ3n) is 8.32. The van der Waals surface area contributed by atoms with Gasteiger partial charge >= 0.3 is 0 Å². The first-order valence-electron chi connectivity index (χ1n) is 15.3. The lowest BCUT2D eigenvalue weighted by Gasteiger charge is -2.42. The second-order valence-corrected chi connectivity index (χ2v) is 14.3. The molecule has 246 valence electrons. The molecule has 5 rings (SSSR count). The molecule has 0 saturated carbocycles. The zero-order valence-corrected chi connectivity index (χ0v) is 29.8. The van der Waals surface area contributed by atoms with Gasteiger partial charge in [-0.05, 0) is 82.5 Å². The minimum absolute atomic E-state index is 0.150. The number of nitriles is 1. The predicted molar refractivity (Wildman–Crippen MR) is 197 cm³/mol. The number of hydrogen-bond donors (Lipinski definition) is 4. The van der Waals surface area contributed by atoms with E-state index in [-0.39, 0.29) is 11.6 Å². The fourth-order valence-electron chi connectivity index (χ4n) is 5.75. The Bertz CT molecular complexity index is 1780. The first-order chi connectivity index (χ1) is 22.4. The number of nitrogens with one attached hydrogen (secondary N) is 4. The second-order valence-electron chi connectivity index (χ2n) is 12.6. The molecule has 0 bridgehead atoms. The molecular formula is C35H38Cl4N8. The Kier molecular flexibility index (Phi) is 11.0. The fourth-order valence-corrected chi connectivity index (χ4v) is 6.61. The lowest BCUT2D eigenvalue weighted by atomic mass is 9.98. The van der Waals surface area contributed by atoms with Crippen molar-refractivity contribution < 1.29 is 0 Å². The van der Waals surface area contributed by atoms with Crippen molar-refractivity contribution in [3.05, 3.63) is 104 Å². The van der Waals surface area contributed by atoms with E-state index in [0.29, 0.717) is 59.7 Å². The van der Waals surface area contributed by atoms with Gasteiger partial charge in [-0.1, -0.05) is 65.1 Å². The number of rotatable bonds is 9. The van der Waals surface area contributed by atoms with Gasteiger partial charge in [-0.25, -0.2) is 0 Å². The van der Waals surface area contributed by atoms with E-state index in [9.17, 15) is 5.26 Å². The van der Waals surface area contributed by atoms with E-state index in [2.05, 4.69) is 76.1 Å². The zero-order chi connectivity index (χ0) is 33.9. The van der Waals surface area contributed by atoms with Crippen molar-refractivity contribution in [2.45, 2.75) is 58.2 Å². The lowest BCUT2D eigenvalue weighted by Crippen LogP contribution is -2.52. The van der Waals surface area contributed by atoms with Crippen LogP contribution in [0.5, 0.6) is 0 Å². The van der Waals surface area contributed by atoms with E-state index in [1.54, 1.807) is 18.2 Å². The largest absolute Gasteiger partial charge is 0.373 e. The molecule has 1 aromatic heterocycles. The molecule has 0 radical (unpaired) electrons. The standard InChI is InChI=1S/C35H38Cl4N8/c1-6-23(36)8-7-21(2)32(31-20-47(45-44-31)28-9-11-46(12-10-28)35(3,4)5)42-27-16-29-33(43-26-14-24(37)13-25(38)15-26)22(18-40)19-41-34(29)30(39)17-27/h6-8,13-17,19-20,28,32,42,44-45H,2,9-12H2,1,3-5H3,(H,41,43)/b8-7-,23-6+/t32-/m0/s1. The van der Waals surface area contributed by atoms with Crippen molar-refractivity contribution in [3.8, 4) is 6.07 Å². The Hall–Kier alpha value is -3.42. The summed E-state index contributed by atoms with van der Waals surface area (Å²) >= 11 is 25.7. The molecule has 47 heavy (non-hydrogen) atoms.